The average molecular weight is 770 g/mol. The van der Waals surface area contributed by atoms with Gasteiger partial charge in [0.1, 0.15) is 6.10 Å². The lowest BCUT2D eigenvalue weighted by molar-refractivity contribution is -0.130. The maximum atomic E-state index is 12.6. The first kappa shape index (κ1) is 51.8. The Hall–Kier alpha value is -1.22. The third-order valence-corrected chi connectivity index (χ3v) is 11.3. The van der Waals surface area contributed by atoms with Gasteiger partial charge in [-0.3, -0.25) is 9.35 Å². The zero-order valence-corrected chi connectivity index (χ0v) is 35.6. The van der Waals surface area contributed by atoms with Crippen LogP contribution in [-0.2, 0) is 14.9 Å². The van der Waals surface area contributed by atoms with Gasteiger partial charge in [0.05, 0.1) is 17.9 Å². The number of carbonyl (C=O) groups is 1. The maximum absolute atomic E-state index is 12.6. The molecule has 0 radical (unpaired) electrons. The van der Waals surface area contributed by atoms with E-state index in [-0.39, 0.29) is 6.42 Å². The van der Waals surface area contributed by atoms with Crippen LogP contribution in [-0.4, -0.2) is 53.1 Å². The van der Waals surface area contributed by atoms with E-state index in [4.69, 9.17) is 0 Å². The fraction of sp³-hybridized carbons (Fsp3) is 0.889. The Labute approximate surface area is 328 Å². The minimum absolute atomic E-state index is 0.275. The quantitative estimate of drug-likeness (QED) is 0.0279. The molecule has 0 aliphatic rings. The molecule has 0 aliphatic carbocycles. The first-order valence-electron chi connectivity index (χ1n) is 22.6. The van der Waals surface area contributed by atoms with Gasteiger partial charge in [-0.15, -0.1) is 0 Å². The van der Waals surface area contributed by atoms with Crippen LogP contribution in [0.2, 0.25) is 0 Å². The number of allylic oxidation sites excluding steroid dienone is 3. The summed E-state index contributed by atoms with van der Waals surface area (Å²) in [5.41, 5.74) is 0. The Kier molecular flexibility index (Phi) is 38.1. The van der Waals surface area contributed by atoms with Crippen molar-refractivity contribution in [3.8, 4) is 0 Å². The molecule has 314 valence electrons. The molecule has 0 rings (SSSR count). The first-order valence-corrected chi connectivity index (χ1v) is 24.3. The summed E-state index contributed by atoms with van der Waals surface area (Å²) in [7, 11) is -4.44. The van der Waals surface area contributed by atoms with E-state index >= 15 is 0 Å². The molecule has 0 aromatic carbocycles. The van der Waals surface area contributed by atoms with Gasteiger partial charge in [-0.2, -0.15) is 8.42 Å². The van der Waals surface area contributed by atoms with E-state index in [0.29, 0.717) is 6.42 Å². The molecule has 4 N–H and O–H groups in total. The van der Waals surface area contributed by atoms with Crippen LogP contribution < -0.4 is 5.32 Å². The summed E-state index contributed by atoms with van der Waals surface area (Å²) in [4.78, 5) is 12.6. The summed E-state index contributed by atoms with van der Waals surface area (Å²) in [6.45, 7) is 4.53. The van der Waals surface area contributed by atoms with Gasteiger partial charge in [0.25, 0.3) is 10.1 Å². The van der Waals surface area contributed by atoms with E-state index in [9.17, 15) is 28.0 Å². The highest BCUT2D eigenvalue weighted by Crippen LogP contribution is 2.16. The number of carbonyl (C=O) groups excluding carboxylic acids is 1. The van der Waals surface area contributed by atoms with Crippen LogP contribution in [0.1, 0.15) is 232 Å². The summed E-state index contributed by atoms with van der Waals surface area (Å²) in [6.07, 6.45) is 46.6. The van der Waals surface area contributed by atoms with Crippen LogP contribution in [0.25, 0.3) is 0 Å². The van der Waals surface area contributed by atoms with E-state index in [1.807, 2.05) is 6.08 Å². The van der Waals surface area contributed by atoms with Crippen molar-refractivity contribution in [1.29, 1.82) is 0 Å². The Morgan fingerprint density at radius 2 is 0.830 bits per heavy atom. The smallest absolute Gasteiger partial charge is 0.267 e. The number of nitrogens with one attached hydrogen (secondary N) is 1. The Morgan fingerprint density at radius 1 is 0.509 bits per heavy atom. The van der Waals surface area contributed by atoms with E-state index in [2.05, 4.69) is 31.3 Å². The topological polar surface area (TPSA) is 124 Å². The SMILES string of the molecule is CCCCCCCCCC/C=C\CCCCCCCCC(O)C(=O)NC(CS(=O)(=O)O)C(O)/C=C/CCCCCCCCCCCCCCCCCC. The molecule has 0 saturated heterocycles. The predicted molar refractivity (Wildman–Crippen MR) is 227 cm³/mol. The van der Waals surface area contributed by atoms with Crippen molar-refractivity contribution in [2.45, 2.75) is 250 Å². The first-order chi connectivity index (χ1) is 25.7. The number of hydrogen-bond acceptors (Lipinski definition) is 5. The number of aliphatic hydroxyl groups is 2. The molecular formula is C45H87NO6S. The fourth-order valence-corrected chi connectivity index (χ4v) is 7.72. The van der Waals surface area contributed by atoms with Gasteiger partial charge < -0.3 is 15.5 Å². The van der Waals surface area contributed by atoms with Gasteiger partial charge in [0, 0.05) is 0 Å². The van der Waals surface area contributed by atoms with Gasteiger partial charge in [-0.1, -0.05) is 212 Å². The number of unbranched alkanes of at least 4 members (excludes halogenated alkanes) is 30. The molecule has 0 aromatic rings. The number of aliphatic hydroxyl groups excluding tert-OH is 2. The van der Waals surface area contributed by atoms with Crippen LogP contribution in [0.4, 0.5) is 0 Å². The Balaban J connectivity index is 3.98. The highest BCUT2D eigenvalue weighted by molar-refractivity contribution is 7.85. The third-order valence-electron chi connectivity index (χ3n) is 10.5. The van der Waals surface area contributed by atoms with Crippen molar-refractivity contribution in [2.24, 2.45) is 0 Å². The molecule has 3 unspecified atom stereocenters. The zero-order chi connectivity index (χ0) is 39.1. The minimum atomic E-state index is -4.44. The summed E-state index contributed by atoms with van der Waals surface area (Å²) < 4.78 is 32.6. The van der Waals surface area contributed by atoms with E-state index in [0.717, 1.165) is 44.9 Å². The van der Waals surface area contributed by atoms with Crippen molar-refractivity contribution in [1.82, 2.24) is 5.32 Å². The van der Waals surface area contributed by atoms with Crippen molar-refractivity contribution in [3.05, 3.63) is 24.3 Å². The molecular weight excluding hydrogens is 683 g/mol. The molecule has 0 aromatic heterocycles. The highest BCUT2D eigenvalue weighted by Gasteiger charge is 2.27. The van der Waals surface area contributed by atoms with Crippen LogP contribution in [0, 0.1) is 0 Å². The maximum Gasteiger partial charge on any atom is 0.267 e. The van der Waals surface area contributed by atoms with Crippen molar-refractivity contribution >= 4 is 16.0 Å². The van der Waals surface area contributed by atoms with E-state index < -0.39 is 40.0 Å². The molecule has 7 nitrogen and oxygen atoms in total. The Morgan fingerprint density at radius 3 is 1.19 bits per heavy atom. The Bertz CT molecular complexity index is 953. The molecule has 1 amide bonds. The fourth-order valence-electron chi connectivity index (χ4n) is 6.98. The van der Waals surface area contributed by atoms with Crippen molar-refractivity contribution < 1.29 is 28.0 Å². The van der Waals surface area contributed by atoms with Crippen LogP contribution >= 0.6 is 0 Å². The molecule has 0 aliphatic heterocycles. The predicted octanol–water partition coefficient (Wildman–Crippen LogP) is 12.5. The van der Waals surface area contributed by atoms with Gasteiger partial charge in [0.15, 0.2) is 0 Å². The standard InChI is InChI=1S/C45H87NO6S/c1-3-5-7-9-11-13-15-17-19-21-23-25-27-29-31-33-35-37-39-43(47)42(41-53(50,51)52)46-45(49)44(48)40-38-36-34-32-30-28-26-24-22-20-18-16-14-12-10-8-6-4-2/h22,24,37,39,42-44,47-48H,3-21,23,25-36,38,40-41H2,1-2H3,(H,46,49)(H,50,51,52)/b24-22-,39-37+. The normalized spacial score (nSPS) is 14.0. The van der Waals surface area contributed by atoms with Gasteiger partial charge in [-0.05, 0) is 44.9 Å². The van der Waals surface area contributed by atoms with Crippen LogP contribution in [0.5, 0.6) is 0 Å². The number of rotatable bonds is 41. The molecule has 0 fully saturated rings. The minimum Gasteiger partial charge on any atom is -0.387 e. The largest absolute Gasteiger partial charge is 0.387 e. The third kappa shape index (κ3) is 38.8. The van der Waals surface area contributed by atoms with Crippen LogP contribution in [0.15, 0.2) is 24.3 Å². The molecule has 0 saturated carbocycles. The second kappa shape index (κ2) is 39.0. The lowest BCUT2D eigenvalue weighted by Crippen LogP contribution is -2.50. The molecule has 53 heavy (non-hydrogen) atoms. The van der Waals surface area contributed by atoms with Crippen molar-refractivity contribution in [2.75, 3.05) is 5.75 Å². The lowest BCUT2D eigenvalue weighted by Gasteiger charge is -2.22. The molecule has 0 heterocycles. The van der Waals surface area contributed by atoms with E-state index in [1.54, 1.807) is 0 Å². The summed E-state index contributed by atoms with van der Waals surface area (Å²) >= 11 is 0. The average Bonchev–Trinajstić information content (AvgIpc) is 3.12. The second-order valence-corrected chi connectivity index (χ2v) is 17.3. The van der Waals surface area contributed by atoms with Crippen LogP contribution in [0.3, 0.4) is 0 Å². The monoisotopic (exact) mass is 770 g/mol. The second-order valence-electron chi connectivity index (χ2n) is 15.8. The zero-order valence-electron chi connectivity index (χ0n) is 34.8. The molecule has 0 spiro atoms. The molecule has 0 bridgehead atoms. The van der Waals surface area contributed by atoms with Gasteiger partial charge in [0.2, 0.25) is 5.91 Å². The number of amides is 1. The lowest BCUT2D eigenvalue weighted by atomic mass is 10.0. The van der Waals surface area contributed by atoms with Crippen molar-refractivity contribution in [3.63, 3.8) is 0 Å². The van der Waals surface area contributed by atoms with Gasteiger partial charge >= 0.3 is 0 Å². The summed E-state index contributed by atoms with van der Waals surface area (Å²) in [6, 6.07) is -1.23. The summed E-state index contributed by atoms with van der Waals surface area (Å²) in [5, 5.41) is 23.5. The summed E-state index contributed by atoms with van der Waals surface area (Å²) in [5.74, 6) is -1.53. The highest BCUT2D eigenvalue weighted by atomic mass is 32.2. The molecule has 8 heteroatoms. The van der Waals surface area contributed by atoms with Gasteiger partial charge in [-0.25, -0.2) is 0 Å². The number of hydrogen-bond donors (Lipinski definition) is 4. The molecule has 3 atom stereocenters. The van der Waals surface area contributed by atoms with E-state index in [1.165, 1.54) is 167 Å².